The number of aliphatic hydroxyl groups is 4. The van der Waals surface area contributed by atoms with Gasteiger partial charge in [-0.15, -0.1) is 0 Å². The molecule has 4 N–H and O–H groups in total. The third kappa shape index (κ3) is 2.87. The van der Waals surface area contributed by atoms with E-state index in [4.69, 9.17) is 24.8 Å². The number of benzene rings is 1. The predicted octanol–water partition coefficient (Wildman–Crippen LogP) is -1.13. The van der Waals surface area contributed by atoms with Crippen LogP contribution in [0.1, 0.15) is 5.48 Å². The van der Waals surface area contributed by atoms with Gasteiger partial charge in [-0.05, 0) is 12.1 Å². The van der Waals surface area contributed by atoms with Crippen LogP contribution in [0.4, 0.5) is 0 Å². The second-order valence-corrected chi connectivity index (χ2v) is 4.18. The van der Waals surface area contributed by atoms with Crippen LogP contribution in [0.5, 0.6) is 11.5 Å². The van der Waals surface area contributed by atoms with E-state index in [2.05, 4.69) is 0 Å². The Morgan fingerprint density at radius 1 is 1.15 bits per heavy atom. The molecule has 1 aliphatic heterocycles. The first-order valence-electron chi connectivity index (χ1n) is 7.86. The summed E-state index contributed by atoms with van der Waals surface area (Å²) in [6.07, 6.45) is -7.77. The Labute approximate surface area is 121 Å². The molecule has 0 aliphatic carbocycles. The van der Waals surface area contributed by atoms with E-state index in [9.17, 15) is 15.3 Å². The van der Waals surface area contributed by atoms with Gasteiger partial charge in [0.15, 0.2) is 11.5 Å². The minimum atomic E-state index is -1.72. The lowest BCUT2D eigenvalue weighted by atomic mass is 9.99. The fraction of sp³-hybridized carbons (Fsp3) is 0.538. The molecule has 0 saturated carbocycles. The topological polar surface area (TPSA) is 109 Å². The molecular formula is C13H18O7. The molecule has 5 atom stereocenters. The predicted molar refractivity (Wildman–Crippen MR) is 67.4 cm³/mol. The molecule has 1 aromatic rings. The second-order valence-electron chi connectivity index (χ2n) is 4.18. The Kier molecular flexibility index (Phi) is 3.31. The Morgan fingerprint density at radius 3 is 2.40 bits per heavy atom. The molecule has 0 radical (unpaired) electrons. The van der Waals surface area contributed by atoms with Crippen LogP contribution >= 0.6 is 0 Å². The molecule has 2 rings (SSSR count). The highest BCUT2D eigenvalue weighted by Gasteiger charge is 2.44. The maximum atomic E-state index is 9.96. The van der Waals surface area contributed by atoms with E-state index >= 15 is 0 Å². The number of methoxy groups -OCH3 is 1. The summed E-state index contributed by atoms with van der Waals surface area (Å²) >= 11 is 0. The second kappa shape index (κ2) is 6.38. The van der Waals surface area contributed by atoms with Crippen LogP contribution in [0.3, 0.4) is 0 Å². The van der Waals surface area contributed by atoms with Crippen LogP contribution in [-0.4, -0.2) is 64.8 Å². The molecule has 7 heteroatoms. The molecule has 0 bridgehead atoms. The Morgan fingerprint density at radius 2 is 1.80 bits per heavy atom. The minimum Gasteiger partial charge on any atom is -0.493 e. The Bertz CT molecular complexity index is 613. The van der Waals surface area contributed by atoms with Gasteiger partial charge in [0.05, 0.1) is 19.2 Å². The van der Waals surface area contributed by atoms with Gasteiger partial charge in [0.2, 0.25) is 6.29 Å². The van der Waals surface area contributed by atoms with Crippen LogP contribution in [0.15, 0.2) is 24.2 Å². The zero-order valence-electron chi connectivity index (χ0n) is 14.6. The molecule has 1 saturated heterocycles. The summed E-state index contributed by atoms with van der Waals surface area (Å²) in [5, 5.41) is 38.6. The summed E-state index contributed by atoms with van der Waals surface area (Å²) in [4.78, 5) is 0. The summed E-state index contributed by atoms with van der Waals surface area (Å²) in [5.74, 6) is -0.731. The monoisotopic (exact) mass is 290 g/mol. The van der Waals surface area contributed by atoms with Crippen molar-refractivity contribution in [3.8, 4) is 11.5 Å². The zero-order valence-corrected chi connectivity index (χ0v) is 10.6. The van der Waals surface area contributed by atoms with Gasteiger partial charge in [-0.2, -0.15) is 0 Å². The molecule has 0 amide bonds. The molecule has 112 valence electrons. The van der Waals surface area contributed by atoms with Crippen LogP contribution in [0.2, 0.25) is 0 Å². The fourth-order valence-electron chi connectivity index (χ4n) is 1.80. The van der Waals surface area contributed by atoms with Crippen molar-refractivity contribution in [1.29, 1.82) is 0 Å². The van der Waals surface area contributed by atoms with Gasteiger partial charge in [-0.3, -0.25) is 0 Å². The van der Waals surface area contributed by atoms with E-state index < -0.39 is 67.2 Å². The van der Waals surface area contributed by atoms with E-state index in [1.165, 1.54) is 7.11 Å². The van der Waals surface area contributed by atoms with Crippen LogP contribution < -0.4 is 9.47 Å². The number of para-hydroxylation sites is 2. The maximum absolute atomic E-state index is 9.96. The number of hydrogen-bond acceptors (Lipinski definition) is 7. The van der Waals surface area contributed by atoms with Crippen molar-refractivity contribution in [1.82, 2.24) is 0 Å². The molecule has 7 nitrogen and oxygen atoms in total. The summed E-state index contributed by atoms with van der Waals surface area (Å²) in [5.41, 5.74) is 0. The van der Waals surface area contributed by atoms with Gasteiger partial charge < -0.3 is 34.6 Å². The average molecular weight is 290 g/mol. The van der Waals surface area contributed by atoms with Gasteiger partial charge in [0, 0.05) is 0 Å². The van der Waals surface area contributed by atoms with Crippen molar-refractivity contribution < 1.29 is 40.1 Å². The van der Waals surface area contributed by atoms with Gasteiger partial charge >= 0.3 is 0 Å². The van der Waals surface area contributed by atoms with Crippen molar-refractivity contribution in [2.24, 2.45) is 0 Å². The van der Waals surface area contributed by atoms with E-state index in [1.807, 2.05) is 0 Å². The van der Waals surface area contributed by atoms with E-state index in [-0.39, 0.29) is 5.75 Å². The first-order valence-corrected chi connectivity index (χ1v) is 5.86. The molecule has 1 fully saturated rings. The lowest BCUT2D eigenvalue weighted by Crippen LogP contribution is -2.60. The molecule has 0 aromatic heterocycles. The van der Waals surface area contributed by atoms with E-state index in [0.717, 1.165) is 0 Å². The minimum absolute atomic E-state index is 0.307. The normalized spacial score (nSPS) is 36.5. The summed E-state index contributed by atoms with van der Waals surface area (Å²) in [6.45, 7) is -0.658. The van der Waals surface area contributed by atoms with Gasteiger partial charge in [0.25, 0.3) is 0 Å². The lowest BCUT2D eigenvalue weighted by Gasteiger charge is -2.39. The molecule has 1 aromatic carbocycles. The standard InChI is InChI=1S/C13H18O7/c1-18-7-4-2-3-5-8(7)19-13-12(17)11(16)10(15)9(6-14)20-13/h2-5,9-17H,6H2,1H3/t9-,10-,11+,12-,13-/m1/s1/i2D,3D,4D,5D. The van der Waals surface area contributed by atoms with Crippen LogP contribution in [0, 0.1) is 0 Å². The molecule has 1 aliphatic rings. The van der Waals surface area contributed by atoms with E-state index in [1.54, 1.807) is 0 Å². The molecular weight excluding hydrogens is 268 g/mol. The molecule has 0 spiro atoms. The van der Waals surface area contributed by atoms with Crippen LogP contribution in [-0.2, 0) is 4.74 Å². The van der Waals surface area contributed by atoms with Gasteiger partial charge in [-0.25, -0.2) is 0 Å². The number of aliphatic hydroxyl groups excluding tert-OH is 4. The molecule has 20 heavy (non-hydrogen) atoms. The SMILES string of the molecule is [2H]c1c([2H])c([2H])c(O[C@@H]2O[C@H](CO)[C@@H](O)[C@H](O)[C@H]2O)c(OC)c1[2H]. The highest BCUT2D eigenvalue weighted by molar-refractivity contribution is 5.39. The molecule has 0 unspecified atom stereocenters. The third-order valence-corrected chi connectivity index (χ3v) is 2.91. The number of ether oxygens (including phenoxy) is 3. The maximum Gasteiger partial charge on any atom is 0.229 e. The lowest BCUT2D eigenvalue weighted by molar-refractivity contribution is -0.277. The third-order valence-electron chi connectivity index (χ3n) is 2.91. The summed E-state index contributed by atoms with van der Waals surface area (Å²) in [7, 11) is 1.18. The van der Waals surface area contributed by atoms with Crippen molar-refractivity contribution in [2.75, 3.05) is 13.7 Å². The van der Waals surface area contributed by atoms with Gasteiger partial charge in [-0.1, -0.05) is 12.1 Å². The highest BCUT2D eigenvalue weighted by atomic mass is 16.7. The zero-order chi connectivity index (χ0) is 18.2. The number of hydrogen-bond donors (Lipinski definition) is 4. The van der Waals surface area contributed by atoms with Gasteiger partial charge in [0.1, 0.15) is 24.4 Å². The van der Waals surface area contributed by atoms with Crippen LogP contribution in [0.25, 0.3) is 0 Å². The Balaban J connectivity index is 2.40. The van der Waals surface area contributed by atoms with Crippen molar-refractivity contribution >= 4 is 0 Å². The Hall–Kier alpha value is -1.38. The summed E-state index contributed by atoms with van der Waals surface area (Å²) in [6, 6.07) is -2.17. The first kappa shape index (κ1) is 10.4. The van der Waals surface area contributed by atoms with Crippen molar-refractivity contribution in [3.63, 3.8) is 0 Å². The quantitative estimate of drug-likeness (QED) is 0.556. The smallest absolute Gasteiger partial charge is 0.229 e. The molecule has 1 heterocycles. The van der Waals surface area contributed by atoms with E-state index in [0.29, 0.717) is 0 Å². The first-order chi connectivity index (χ1) is 11.2. The highest BCUT2D eigenvalue weighted by Crippen LogP contribution is 2.30. The average Bonchev–Trinajstić information content (AvgIpc) is 2.58. The fourth-order valence-corrected chi connectivity index (χ4v) is 1.80. The summed E-state index contributed by atoms with van der Waals surface area (Å²) < 4.78 is 46.2. The van der Waals surface area contributed by atoms with Crippen molar-refractivity contribution in [3.05, 3.63) is 24.2 Å². The largest absolute Gasteiger partial charge is 0.493 e. The number of rotatable bonds is 4. The van der Waals surface area contributed by atoms with Crippen molar-refractivity contribution in [2.45, 2.75) is 30.7 Å².